The molecule has 4 aromatic rings. The number of hydrogen-bond donors (Lipinski definition) is 8. The van der Waals surface area contributed by atoms with Gasteiger partial charge in [-0.3, -0.25) is 37.7 Å². The van der Waals surface area contributed by atoms with Gasteiger partial charge in [0.25, 0.3) is 11.1 Å². The van der Waals surface area contributed by atoms with Crippen molar-refractivity contribution in [3.05, 3.63) is 33.4 Å². The minimum atomic E-state index is -5.28. The molecule has 8 atom stereocenters. The third-order valence-corrected chi connectivity index (χ3v) is 9.54. The number of phosphoric acid groups is 2. The van der Waals surface area contributed by atoms with E-state index in [-0.39, 0.29) is 47.1 Å². The Kier molecular flexibility index (Phi) is 8.12. The summed E-state index contributed by atoms with van der Waals surface area (Å²) in [5.74, 6) is -0.355. The Morgan fingerprint density at radius 2 is 1.22 bits per heavy atom. The first kappa shape index (κ1) is 31.4. The minimum Gasteiger partial charge on any atom is -0.390 e. The first-order valence-corrected chi connectivity index (χ1v) is 16.0. The zero-order chi connectivity index (χ0) is 32.3. The second kappa shape index (κ2) is 11.6. The average molecular weight is 676 g/mol. The van der Waals surface area contributed by atoms with Crippen LogP contribution >= 0.6 is 15.6 Å². The van der Waals surface area contributed by atoms with E-state index in [1.807, 2.05) is 0 Å². The molecule has 25 heteroatoms. The van der Waals surface area contributed by atoms with Crippen LogP contribution in [0.3, 0.4) is 0 Å². The predicted molar refractivity (Wildman–Crippen MR) is 147 cm³/mol. The molecule has 0 amide bonds. The molecule has 0 bridgehead atoms. The molecule has 2 aliphatic rings. The summed E-state index contributed by atoms with van der Waals surface area (Å²) >= 11 is 0. The molecule has 45 heavy (non-hydrogen) atoms. The van der Waals surface area contributed by atoms with E-state index in [0.29, 0.717) is 0 Å². The summed E-state index contributed by atoms with van der Waals surface area (Å²) in [6.45, 7) is -1.53. The van der Waals surface area contributed by atoms with Crippen LogP contribution in [-0.4, -0.2) is 96.7 Å². The fraction of sp³-hybridized carbons (Fsp3) is 0.500. The van der Waals surface area contributed by atoms with Crippen LogP contribution in [0.1, 0.15) is 25.3 Å². The zero-order valence-corrected chi connectivity index (χ0v) is 24.4. The maximum absolute atomic E-state index is 12.4. The van der Waals surface area contributed by atoms with E-state index in [1.165, 1.54) is 21.8 Å². The molecule has 2 fully saturated rings. The van der Waals surface area contributed by atoms with Gasteiger partial charge in [-0.05, 0) is 0 Å². The predicted octanol–water partition coefficient (Wildman–Crippen LogP) is -2.04. The van der Waals surface area contributed by atoms with Gasteiger partial charge < -0.3 is 40.9 Å². The van der Waals surface area contributed by atoms with Crippen LogP contribution in [0.15, 0.2) is 22.2 Å². The number of aromatic nitrogens is 8. The van der Waals surface area contributed by atoms with Gasteiger partial charge in [-0.2, -0.15) is 14.3 Å². The van der Waals surface area contributed by atoms with Gasteiger partial charge >= 0.3 is 15.6 Å². The number of nitrogens with two attached hydrogens (primary N) is 2. The Hall–Kier alpha value is -3.60. The van der Waals surface area contributed by atoms with E-state index < -0.39 is 76.8 Å². The Labute approximate surface area is 248 Å². The maximum atomic E-state index is 12.4. The van der Waals surface area contributed by atoms with Gasteiger partial charge in [0.1, 0.15) is 24.7 Å². The highest BCUT2D eigenvalue weighted by Gasteiger charge is 2.42. The summed E-state index contributed by atoms with van der Waals surface area (Å²) in [7, 11) is -10.6. The first-order chi connectivity index (χ1) is 21.2. The van der Waals surface area contributed by atoms with E-state index in [1.54, 1.807) is 0 Å². The number of hydrogen-bond acceptors (Lipinski definition) is 17. The van der Waals surface area contributed by atoms with E-state index in [2.05, 4.69) is 34.2 Å². The molecule has 2 unspecified atom stereocenters. The van der Waals surface area contributed by atoms with Gasteiger partial charge in [0.15, 0.2) is 22.3 Å². The molecular weight excluding hydrogens is 650 g/mol. The number of anilines is 2. The molecule has 244 valence electrons. The number of imidazole rings is 2. The zero-order valence-electron chi connectivity index (χ0n) is 22.6. The van der Waals surface area contributed by atoms with Crippen molar-refractivity contribution in [1.29, 1.82) is 0 Å². The third kappa shape index (κ3) is 6.41. The number of phosphoric ester groups is 2. The van der Waals surface area contributed by atoms with Gasteiger partial charge in [0, 0.05) is 12.8 Å². The molecule has 6 heterocycles. The summed E-state index contributed by atoms with van der Waals surface area (Å²) < 4.78 is 52.8. The lowest BCUT2D eigenvalue weighted by Crippen LogP contribution is -2.26. The summed E-state index contributed by atoms with van der Waals surface area (Å²) in [6.07, 6.45) is -4.40. The van der Waals surface area contributed by atoms with Crippen molar-refractivity contribution in [3.63, 3.8) is 0 Å². The lowest BCUT2D eigenvalue weighted by atomic mass is 10.2. The van der Waals surface area contributed by atoms with Crippen LogP contribution in [-0.2, 0) is 32.0 Å². The lowest BCUT2D eigenvalue weighted by molar-refractivity contribution is -0.0461. The molecule has 4 aromatic heterocycles. The Balaban J connectivity index is 1.03. The van der Waals surface area contributed by atoms with E-state index in [9.17, 15) is 38.7 Å². The number of H-pyrrole nitrogens is 2. The second-order valence-corrected chi connectivity index (χ2v) is 13.1. The quantitative estimate of drug-likeness (QED) is 0.0839. The maximum Gasteiger partial charge on any atom is 0.481 e. The number of nitrogen functional groups attached to an aromatic ring is 2. The molecule has 0 radical (unpaired) electrons. The fourth-order valence-corrected chi connectivity index (χ4v) is 6.98. The number of nitrogens with one attached hydrogen (secondary N) is 2. The van der Waals surface area contributed by atoms with Gasteiger partial charge in [-0.15, -0.1) is 0 Å². The summed E-state index contributed by atoms with van der Waals surface area (Å²) in [5, 5.41) is 20.8. The highest BCUT2D eigenvalue weighted by Crippen LogP contribution is 2.60. The monoisotopic (exact) mass is 676 g/mol. The molecule has 10 N–H and O–H groups in total. The smallest absolute Gasteiger partial charge is 0.390 e. The summed E-state index contributed by atoms with van der Waals surface area (Å²) in [6, 6.07) is 0. The highest BCUT2D eigenvalue weighted by molar-refractivity contribution is 7.61. The molecule has 0 spiro atoms. The molecule has 6 rings (SSSR count). The average Bonchev–Trinajstić information content (AvgIpc) is 3.71. The number of fused-ring (bicyclic) bond motifs is 2. The Morgan fingerprint density at radius 1 is 0.822 bits per heavy atom. The first-order valence-electron chi connectivity index (χ1n) is 13.0. The van der Waals surface area contributed by atoms with Gasteiger partial charge in [0.2, 0.25) is 11.9 Å². The number of rotatable bonds is 10. The van der Waals surface area contributed by atoms with Crippen LogP contribution in [0.4, 0.5) is 11.9 Å². The molecule has 0 aromatic carbocycles. The van der Waals surface area contributed by atoms with Crippen molar-refractivity contribution in [1.82, 2.24) is 39.0 Å². The van der Waals surface area contributed by atoms with Crippen LogP contribution in [0, 0.1) is 0 Å². The Morgan fingerprint density at radius 3 is 1.62 bits per heavy atom. The third-order valence-electron chi connectivity index (χ3n) is 6.94. The highest BCUT2D eigenvalue weighted by atomic mass is 31.3. The molecule has 23 nitrogen and oxygen atoms in total. The second-order valence-electron chi connectivity index (χ2n) is 10.0. The van der Waals surface area contributed by atoms with Crippen molar-refractivity contribution in [2.75, 3.05) is 24.7 Å². The van der Waals surface area contributed by atoms with Crippen molar-refractivity contribution in [2.45, 2.75) is 49.7 Å². The molecular formula is C20H26N10O13P2. The normalized spacial score (nSPS) is 28.1. The minimum absolute atomic E-state index is 0.0333. The van der Waals surface area contributed by atoms with Gasteiger partial charge in [0.05, 0.1) is 38.1 Å². The number of aliphatic hydroxyl groups is 2. The van der Waals surface area contributed by atoms with Crippen LogP contribution in [0.25, 0.3) is 22.3 Å². The topological polar surface area (TPSA) is 340 Å². The van der Waals surface area contributed by atoms with Crippen molar-refractivity contribution in [2.24, 2.45) is 0 Å². The summed E-state index contributed by atoms with van der Waals surface area (Å²) in [4.78, 5) is 64.6. The molecule has 2 saturated heterocycles. The Bertz CT molecular complexity index is 1820. The number of aliphatic hydroxyl groups excluding tert-OH is 2. The van der Waals surface area contributed by atoms with Crippen LogP contribution in [0.5, 0.6) is 0 Å². The SMILES string of the molecule is Nc1nc2c(ncn2[C@H]2C[C@H](O)[C@@H](COP(=O)(O)OP(=O)(O)OC[C@H]3O[C@@H](n4cnc5c(=O)[nH]c(N)nc54)C[C@@H]3O)O2)c(=O)[nH]1. The molecule has 0 aliphatic carbocycles. The van der Waals surface area contributed by atoms with Gasteiger partial charge in [-0.1, -0.05) is 0 Å². The summed E-state index contributed by atoms with van der Waals surface area (Å²) in [5.41, 5.74) is 10.1. The van der Waals surface area contributed by atoms with Gasteiger partial charge in [-0.25, -0.2) is 19.1 Å². The van der Waals surface area contributed by atoms with Crippen LogP contribution < -0.4 is 22.6 Å². The number of ether oxygens (including phenoxy) is 2. The fourth-order valence-electron chi connectivity index (χ4n) is 4.89. The van der Waals surface area contributed by atoms with E-state index in [4.69, 9.17) is 30.0 Å². The van der Waals surface area contributed by atoms with E-state index >= 15 is 0 Å². The van der Waals surface area contributed by atoms with Crippen LogP contribution in [0.2, 0.25) is 0 Å². The van der Waals surface area contributed by atoms with E-state index in [0.717, 1.165) is 0 Å². The lowest BCUT2D eigenvalue weighted by Gasteiger charge is -2.21. The van der Waals surface area contributed by atoms with Crippen molar-refractivity contribution < 1.29 is 52.0 Å². The van der Waals surface area contributed by atoms with Crippen molar-refractivity contribution >= 4 is 49.9 Å². The largest absolute Gasteiger partial charge is 0.481 e. The molecule has 0 saturated carbocycles. The standard InChI is InChI=1S/C20H26N10O13P2/c21-19-25-15-13(17(33)27-19)23-5-29(15)11-1-7(31)9(41-11)3-39-44(35,36)43-45(37,38)40-4-10-8(32)2-12(42-10)30-6-24-14-16(30)26-20(22)28-18(14)34/h5-12,31-32H,1-4H2,(H,35,36)(H,37,38)(H3,21,25,27,33)(H3,22,26,28,34)/t7-,8-,9+,10+,11+,12+/m0/s1. The van der Waals surface area contributed by atoms with Crippen molar-refractivity contribution in [3.8, 4) is 0 Å². The number of aromatic amines is 2. The molecule has 2 aliphatic heterocycles. The number of nitrogens with zero attached hydrogens (tertiary/aromatic N) is 6.